The third kappa shape index (κ3) is 2.48. The van der Waals surface area contributed by atoms with Crippen LogP contribution in [0.1, 0.15) is 17.3 Å². The van der Waals surface area contributed by atoms with Gasteiger partial charge in [0.25, 0.3) is 5.69 Å². The molecule has 86 valence electrons. The van der Waals surface area contributed by atoms with Crippen molar-refractivity contribution in [3.05, 3.63) is 32.3 Å². The fourth-order valence-corrected chi connectivity index (χ4v) is 1.59. The number of nitrogens with zero attached hydrogens (tertiary/aromatic N) is 1. The molecule has 1 aromatic carbocycles. The summed E-state index contributed by atoms with van der Waals surface area (Å²) in [5.74, 6) is -0.601. The molecule has 1 rings (SSSR count). The second kappa shape index (κ2) is 4.93. The van der Waals surface area contributed by atoms with Gasteiger partial charge < -0.3 is 10.5 Å². The van der Waals surface area contributed by atoms with E-state index in [1.54, 1.807) is 6.92 Å². The highest BCUT2D eigenvalue weighted by molar-refractivity contribution is 9.10. The molecule has 7 heteroatoms. The van der Waals surface area contributed by atoms with Crippen LogP contribution in [-0.2, 0) is 4.74 Å². The predicted octanol–water partition coefficient (Wildman–Crippen LogP) is 2.12. The molecule has 16 heavy (non-hydrogen) atoms. The highest BCUT2D eigenvalue weighted by atomic mass is 79.9. The topological polar surface area (TPSA) is 95.5 Å². The average Bonchev–Trinajstić information content (AvgIpc) is 2.20. The van der Waals surface area contributed by atoms with Crippen LogP contribution in [-0.4, -0.2) is 17.5 Å². The maximum atomic E-state index is 11.4. The van der Waals surface area contributed by atoms with Gasteiger partial charge in [-0.1, -0.05) is 0 Å². The zero-order valence-electron chi connectivity index (χ0n) is 8.40. The summed E-state index contributed by atoms with van der Waals surface area (Å²) in [6.45, 7) is 1.88. The lowest BCUT2D eigenvalue weighted by molar-refractivity contribution is -0.385. The Morgan fingerprint density at radius 2 is 2.25 bits per heavy atom. The Balaban J connectivity index is 3.20. The van der Waals surface area contributed by atoms with Crippen LogP contribution >= 0.6 is 15.9 Å². The van der Waals surface area contributed by atoms with E-state index in [1.807, 2.05) is 0 Å². The van der Waals surface area contributed by atoms with Crippen molar-refractivity contribution in [3.8, 4) is 0 Å². The van der Waals surface area contributed by atoms with Gasteiger partial charge in [-0.15, -0.1) is 0 Å². The van der Waals surface area contributed by atoms with Crippen molar-refractivity contribution in [3.63, 3.8) is 0 Å². The number of halogens is 1. The first-order chi connectivity index (χ1) is 7.47. The van der Waals surface area contributed by atoms with Gasteiger partial charge in [0.2, 0.25) is 0 Å². The number of ether oxygens (including phenoxy) is 1. The lowest BCUT2D eigenvalue weighted by Crippen LogP contribution is -2.08. The van der Waals surface area contributed by atoms with Gasteiger partial charge in [-0.3, -0.25) is 10.1 Å². The van der Waals surface area contributed by atoms with Gasteiger partial charge in [-0.05, 0) is 28.9 Å². The van der Waals surface area contributed by atoms with Crippen LogP contribution in [0.25, 0.3) is 0 Å². The van der Waals surface area contributed by atoms with Crippen molar-refractivity contribution in [2.45, 2.75) is 6.92 Å². The molecule has 0 atom stereocenters. The first-order valence-corrected chi connectivity index (χ1v) is 5.17. The molecule has 1 aromatic rings. The van der Waals surface area contributed by atoms with E-state index in [4.69, 9.17) is 10.5 Å². The SMILES string of the molecule is CCOC(=O)c1cc(Br)c([N+](=O)[O-])cc1N. The number of hydrogen-bond acceptors (Lipinski definition) is 5. The monoisotopic (exact) mass is 288 g/mol. The Kier molecular flexibility index (Phi) is 3.83. The van der Waals surface area contributed by atoms with Crippen LogP contribution < -0.4 is 5.73 Å². The predicted molar refractivity (Wildman–Crippen MR) is 61.2 cm³/mol. The van der Waals surface area contributed by atoms with Gasteiger partial charge in [0.1, 0.15) is 0 Å². The number of nitrogens with two attached hydrogens (primary N) is 1. The summed E-state index contributed by atoms with van der Waals surface area (Å²) in [7, 11) is 0. The summed E-state index contributed by atoms with van der Waals surface area (Å²) >= 11 is 3.00. The quantitative estimate of drug-likeness (QED) is 0.398. The Morgan fingerprint density at radius 3 is 2.75 bits per heavy atom. The van der Waals surface area contributed by atoms with E-state index in [1.165, 1.54) is 6.07 Å². The molecule has 0 bridgehead atoms. The highest BCUT2D eigenvalue weighted by Gasteiger charge is 2.19. The summed E-state index contributed by atoms with van der Waals surface area (Å²) in [5, 5.41) is 10.6. The number of hydrogen-bond donors (Lipinski definition) is 1. The molecule has 0 spiro atoms. The normalized spacial score (nSPS) is 9.88. The number of benzene rings is 1. The second-order valence-electron chi connectivity index (χ2n) is 2.87. The summed E-state index contributed by atoms with van der Waals surface area (Å²) in [6.07, 6.45) is 0. The molecule has 0 radical (unpaired) electrons. The lowest BCUT2D eigenvalue weighted by atomic mass is 10.1. The Hall–Kier alpha value is -1.63. The average molecular weight is 289 g/mol. The molecule has 0 saturated heterocycles. The Bertz CT molecular complexity index is 447. The number of nitrogen functional groups attached to an aromatic ring is 1. The largest absolute Gasteiger partial charge is 0.462 e. The number of rotatable bonds is 3. The van der Waals surface area contributed by atoms with Crippen molar-refractivity contribution in [1.29, 1.82) is 0 Å². The maximum Gasteiger partial charge on any atom is 0.340 e. The van der Waals surface area contributed by atoms with Gasteiger partial charge in [0.05, 0.1) is 27.3 Å². The van der Waals surface area contributed by atoms with E-state index in [0.717, 1.165) is 6.07 Å². The number of esters is 1. The van der Waals surface area contributed by atoms with E-state index in [0.29, 0.717) is 0 Å². The van der Waals surface area contributed by atoms with Gasteiger partial charge in [0, 0.05) is 6.07 Å². The smallest absolute Gasteiger partial charge is 0.340 e. The fraction of sp³-hybridized carbons (Fsp3) is 0.222. The third-order valence-electron chi connectivity index (χ3n) is 1.81. The number of anilines is 1. The van der Waals surface area contributed by atoms with Crippen LogP contribution in [0.3, 0.4) is 0 Å². The van der Waals surface area contributed by atoms with Crippen LogP contribution in [0, 0.1) is 10.1 Å². The third-order valence-corrected chi connectivity index (χ3v) is 2.45. The van der Waals surface area contributed by atoms with Gasteiger partial charge in [0.15, 0.2) is 0 Å². The maximum absolute atomic E-state index is 11.4. The first-order valence-electron chi connectivity index (χ1n) is 4.38. The molecule has 0 amide bonds. The zero-order chi connectivity index (χ0) is 12.3. The Labute approximate surface area is 99.7 Å². The summed E-state index contributed by atoms with van der Waals surface area (Å²) in [5.41, 5.74) is 5.48. The lowest BCUT2D eigenvalue weighted by Gasteiger charge is -2.05. The molecule has 0 aliphatic rings. The summed E-state index contributed by atoms with van der Waals surface area (Å²) in [6, 6.07) is 2.40. The summed E-state index contributed by atoms with van der Waals surface area (Å²) < 4.78 is 4.94. The minimum absolute atomic E-state index is 0.0216. The zero-order valence-corrected chi connectivity index (χ0v) is 9.98. The van der Waals surface area contributed by atoms with Crippen molar-refractivity contribution < 1.29 is 14.5 Å². The molecule has 2 N–H and O–H groups in total. The molecule has 0 aromatic heterocycles. The van der Waals surface area contributed by atoms with Gasteiger partial charge >= 0.3 is 5.97 Å². The number of carbonyl (C=O) groups is 1. The van der Waals surface area contributed by atoms with Crippen LogP contribution in [0.5, 0.6) is 0 Å². The van der Waals surface area contributed by atoms with Crippen molar-refractivity contribution >= 4 is 33.3 Å². The van der Waals surface area contributed by atoms with Crippen LogP contribution in [0.2, 0.25) is 0 Å². The van der Waals surface area contributed by atoms with E-state index in [2.05, 4.69) is 15.9 Å². The molecule has 0 aliphatic heterocycles. The molecule has 0 fully saturated rings. The minimum atomic E-state index is -0.601. The van der Waals surface area contributed by atoms with E-state index in [9.17, 15) is 14.9 Å². The molecule has 6 nitrogen and oxygen atoms in total. The van der Waals surface area contributed by atoms with Gasteiger partial charge in [-0.25, -0.2) is 4.79 Å². The second-order valence-corrected chi connectivity index (χ2v) is 3.72. The standard InChI is InChI=1S/C9H9BrN2O4/c1-2-16-9(13)5-3-6(10)8(12(14)15)4-7(5)11/h3-4H,2,11H2,1H3. The van der Waals surface area contributed by atoms with Crippen LogP contribution in [0.15, 0.2) is 16.6 Å². The van der Waals surface area contributed by atoms with E-state index < -0.39 is 10.9 Å². The molecule has 0 unspecified atom stereocenters. The fourth-order valence-electron chi connectivity index (χ4n) is 1.10. The molecular weight excluding hydrogens is 280 g/mol. The number of nitro benzene ring substituents is 1. The number of carbonyl (C=O) groups excluding carboxylic acids is 1. The van der Waals surface area contributed by atoms with Crippen LogP contribution in [0.4, 0.5) is 11.4 Å². The number of nitro groups is 1. The highest BCUT2D eigenvalue weighted by Crippen LogP contribution is 2.30. The van der Waals surface area contributed by atoms with E-state index >= 15 is 0 Å². The molecule has 0 heterocycles. The van der Waals surface area contributed by atoms with Gasteiger partial charge in [-0.2, -0.15) is 0 Å². The Morgan fingerprint density at radius 1 is 1.62 bits per heavy atom. The molecule has 0 aliphatic carbocycles. The minimum Gasteiger partial charge on any atom is -0.462 e. The van der Waals surface area contributed by atoms with E-state index in [-0.39, 0.29) is 28.0 Å². The summed E-state index contributed by atoms with van der Waals surface area (Å²) in [4.78, 5) is 21.4. The van der Waals surface area contributed by atoms with Crippen molar-refractivity contribution in [2.24, 2.45) is 0 Å². The molecular formula is C9H9BrN2O4. The first kappa shape index (κ1) is 12.4. The van der Waals surface area contributed by atoms with Crippen molar-refractivity contribution in [1.82, 2.24) is 0 Å². The molecule has 0 saturated carbocycles. The van der Waals surface area contributed by atoms with Crippen molar-refractivity contribution in [2.75, 3.05) is 12.3 Å².